The monoisotopic (exact) mass is 313 g/mol. The molecule has 0 radical (unpaired) electrons. The van der Waals surface area contributed by atoms with E-state index in [0.717, 1.165) is 16.6 Å². The second-order valence-corrected chi connectivity index (χ2v) is 5.61. The normalized spacial score (nSPS) is 10.8. The highest BCUT2D eigenvalue weighted by atomic mass is 79.9. The van der Waals surface area contributed by atoms with Crippen molar-refractivity contribution in [1.82, 2.24) is 9.80 Å². The summed E-state index contributed by atoms with van der Waals surface area (Å²) in [6.45, 7) is 3.40. The Morgan fingerprint density at radius 2 is 1.89 bits per heavy atom. The van der Waals surface area contributed by atoms with Crippen LogP contribution >= 0.6 is 15.9 Å². The zero-order valence-electron chi connectivity index (χ0n) is 11.3. The van der Waals surface area contributed by atoms with Gasteiger partial charge in [-0.1, -0.05) is 15.9 Å². The van der Waals surface area contributed by atoms with E-state index in [1.165, 1.54) is 0 Å². The van der Waals surface area contributed by atoms with Crippen LogP contribution in [-0.2, 0) is 0 Å². The molecule has 0 fully saturated rings. The third-order valence-corrected chi connectivity index (χ3v) is 3.33. The summed E-state index contributed by atoms with van der Waals surface area (Å²) in [5, 5.41) is 0. The Morgan fingerprint density at radius 1 is 1.28 bits per heavy atom. The molecule has 0 unspecified atom stereocenters. The van der Waals surface area contributed by atoms with Crippen molar-refractivity contribution in [3.63, 3.8) is 0 Å². The van der Waals surface area contributed by atoms with Crippen molar-refractivity contribution >= 4 is 27.5 Å². The molecule has 1 amide bonds. The van der Waals surface area contributed by atoms with E-state index in [1.807, 2.05) is 45.1 Å². The third kappa shape index (κ3) is 3.71. The van der Waals surface area contributed by atoms with E-state index in [4.69, 9.17) is 5.73 Å². The van der Waals surface area contributed by atoms with E-state index in [-0.39, 0.29) is 5.91 Å². The first-order valence-electron chi connectivity index (χ1n) is 5.78. The maximum atomic E-state index is 12.3. The van der Waals surface area contributed by atoms with Gasteiger partial charge in [0.05, 0.1) is 0 Å². The lowest BCUT2D eigenvalue weighted by atomic mass is 10.1. The first kappa shape index (κ1) is 15.0. The molecule has 0 aliphatic rings. The third-order valence-electron chi connectivity index (χ3n) is 2.87. The first-order chi connectivity index (χ1) is 8.32. The van der Waals surface area contributed by atoms with Crippen molar-refractivity contribution < 1.29 is 4.79 Å². The number of nitrogen functional groups attached to an aromatic ring is 1. The molecule has 0 saturated carbocycles. The van der Waals surface area contributed by atoms with Crippen LogP contribution in [0.3, 0.4) is 0 Å². The molecule has 0 aromatic heterocycles. The van der Waals surface area contributed by atoms with Crippen LogP contribution in [0.25, 0.3) is 0 Å². The van der Waals surface area contributed by atoms with Gasteiger partial charge in [0.25, 0.3) is 5.91 Å². The molecule has 0 aliphatic heterocycles. The minimum atomic E-state index is 0.00218. The topological polar surface area (TPSA) is 49.6 Å². The number of amides is 1. The fourth-order valence-corrected chi connectivity index (χ4v) is 2.05. The van der Waals surface area contributed by atoms with Crippen molar-refractivity contribution in [3.05, 3.63) is 27.7 Å². The predicted octanol–water partition coefficient (Wildman–Crippen LogP) is 1.97. The molecule has 18 heavy (non-hydrogen) atoms. The van der Waals surface area contributed by atoms with E-state index < -0.39 is 0 Å². The Balaban J connectivity index is 2.90. The molecule has 2 N–H and O–H groups in total. The highest BCUT2D eigenvalue weighted by Gasteiger charge is 2.16. The summed E-state index contributed by atoms with van der Waals surface area (Å²) >= 11 is 3.37. The van der Waals surface area contributed by atoms with Crippen molar-refractivity contribution in [2.75, 3.05) is 40.0 Å². The summed E-state index contributed by atoms with van der Waals surface area (Å²) in [5.74, 6) is 0.00218. The number of carbonyl (C=O) groups is 1. The Kier molecular flexibility index (Phi) is 5.16. The molecule has 1 aromatic rings. The maximum Gasteiger partial charge on any atom is 0.254 e. The lowest BCUT2D eigenvalue weighted by Gasteiger charge is -2.21. The molecular formula is C13H20BrN3O. The lowest BCUT2D eigenvalue weighted by Crippen LogP contribution is -2.33. The van der Waals surface area contributed by atoms with Gasteiger partial charge in [0, 0.05) is 35.9 Å². The lowest BCUT2D eigenvalue weighted by molar-refractivity contribution is 0.0785. The fraction of sp³-hybridized carbons (Fsp3) is 0.462. The number of likely N-dealkylation sites (N-methyl/N-ethyl adjacent to an activating group) is 2. The summed E-state index contributed by atoms with van der Waals surface area (Å²) in [4.78, 5) is 16.1. The van der Waals surface area contributed by atoms with E-state index in [1.54, 1.807) is 4.90 Å². The van der Waals surface area contributed by atoms with Gasteiger partial charge in [-0.3, -0.25) is 4.79 Å². The number of anilines is 1. The smallest absolute Gasteiger partial charge is 0.254 e. The van der Waals surface area contributed by atoms with Crippen LogP contribution in [0.1, 0.15) is 15.9 Å². The Labute approximate surface area is 117 Å². The number of hydrogen-bond donors (Lipinski definition) is 1. The second kappa shape index (κ2) is 6.20. The van der Waals surface area contributed by atoms with Crippen molar-refractivity contribution in [1.29, 1.82) is 0 Å². The van der Waals surface area contributed by atoms with Gasteiger partial charge in [-0.2, -0.15) is 0 Å². The Morgan fingerprint density at radius 3 is 2.44 bits per heavy atom. The number of halogens is 1. The second-order valence-electron chi connectivity index (χ2n) is 4.70. The maximum absolute atomic E-state index is 12.3. The quantitative estimate of drug-likeness (QED) is 0.865. The number of nitrogens with zero attached hydrogens (tertiary/aromatic N) is 2. The van der Waals surface area contributed by atoms with Crippen molar-refractivity contribution in [2.45, 2.75) is 6.92 Å². The Bertz CT molecular complexity index is 446. The van der Waals surface area contributed by atoms with Crippen LogP contribution < -0.4 is 5.73 Å². The molecule has 4 nitrogen and oxygen atoms in total. The van der Waals surface area contributed by atoms with Crippen LogP contribution in [-0.4, -0.2) is 49.9 Å². The molecule has 100 valence electrons. The minimum absolute atomic E-state index is 0.00218. The van der Waals surface area contributed by atoms with Crippen molar-refractivity contribution in [2.24, 2.45) is 0 Å². The van der Waals surface area contributed by atoms with Gasteiger partial charge < -0.3 is 15.5 Å². The predicted molar refractivity (Wildman–Crippen MR) is 78.8 cm³/mol. The fourth-order valence-electron chi connectivity index (χ4n) is 1.58. The van der Waals surface area contributed by atoms with Gasteiger partial charge in [-0.05, 0) is 38.7 Å². The largest absolute Gasteiger partial charge is 0.398 e. The van der Waals surface area contributed by atoms with Crippen LogP contribution in [0.2, 0.25) is 0 Å². The summed E-state index contributed by atoms with van der Waals surface area (Å²) in [5.41, 5.74) is 7.99. The number of carbonyl (C=O) groups excluding carboxylic acids is 1. The number of nitrogens with two attached hydrogens (primary N) is 1. The van der Waals surface area contributed by atoms with Gasteiger partial charge in [0.1, 0.15) is 0 Å². The summed E-state index contributed by atoms with van der Waals surface area (Å²) in [6.07, 6.45) is 0. The van der Waals surface area contributed by atoms with E-state index in [2.05, 4.69) is 15.9 Å². The van der Waals surface area contributed by atoms with Gasteiger partial charge in [-0.15, -0.1) is 0 Å². The minimum Gasteiger partial charge on any atom is -0.398 e. The molecule has 0 atom stereocenters. The zero-order valence-corrected chi connectivity index (χ0v) is 12.9. The SMILES string of the molecule is Cc1c(N)cc(Br)cc1C(=O)N(C)CCN(C)C. The van der Waals surface area contributed by atoms with E-state index in [0.29, 0.717) is 17.8 Å². The summed E-state index contributed by atoms with van der Waals surface area (Å²) < 4.78 is 0.829. The summed E-state index contributed by atoms with van der Waals surface area (Å²) in [7, 11) is 5.78. The van der Waals surface area contributed by atoms with E-state index >= 15 is 0 Å². The van der Waals surface area contributed by atoms with Gasteiger partial charge >= 0.3 is 0 Å². The molecule has 5 heteroatoms. The number of rotatable bonds is 4. The number of benzene rings is 1. The molecule has 0 aliphatic carbocycles. The van der Waals surface area contributed by atoms with Gasteiger partial charge in [-0.25, -0.2) is 0 Å². The highest BCUT2D eigenvalue weighted by molar-refractivity contribution is 9.10. The van der Waals surface area contributed by atoms with Crippen LogP contribution in [0, 0.1) is 6.92 Å². The first-order valence-corrected chi connectivity index (χ1v) is 6.58. The molecule has 0 bridgehead atoms. The molecule has 0 spiro atoms. The van der Waals surface area contributed by atoms with Crippen LogP contribution in [0.15, 0.2) is 16.6 Å². The highest BCUT2D eigenvalue weighted by Crippen LogP contribution is 2.23. The molecule has 0 saturated heterocycles. The average molecular weight is 314 g/mol. The zero-order chi connectivity index (χ0) is 13.9. The molecule has 1 aromatic carbocycles. The summed E-state index contributed by atoms with van der Waals surface area (Å²) in [6, 6.07) is 3.63. The van der Waals surface area contributed by atoms with E-state index in [9.17, 15) is 4.79 Å². The average Bonchev–Trinajstić information content (AvgIpc) is 2.29. The van der Waals surface area contributed by atoms with Crippen LogP contribution in [0.5, 0.6) is 0 Å². The Hall–Kier alpha value is -1.07. The van der Waals surface area contributed by atoms with Gasteiger partial charge in [0.15, 0.2) is 0 Å². The standard InChI is InChI=1S/C13H20BrN3O/c1-9-11(7-10(14)8-12(9)15)13(18)17(4)6-5-16(2)3/h7-8H,5-6,15H2,1-4H3. The van der Waals surface area contributed by atoms with Gasteiger partial charge in [0.2, 0.25) is 0 Å². The number of hydrogen-bond acceptors (Lipinski definition) is 3. The van der Waals surface area contributed by atoms with Crippen LogP contribution in [0.4, 0.5) is 5.69 Å². The molecule has 1 rings (SSSR count). The molecular weight excluding hydrogens is 294 g/mol. The molecule has 0 heterocycles. The van der Waals surface area contributed by atoms with Crippen molar-refractivity contribution in [3.8, 4) is 0 Å².